The van der Waals surface area contributed by atoms with Gasteiger partial charge in [-0.15, -0.1) is 11.3 Å². The molecule has 4 rings (SSSR count). The smallest absolute Gasteiger partial charge is 0.266 e. The van der Waals surface area contributed by atoms with Gasteiger partial charge in [0.1, 0.15) is 17.0 Å². The van der Waals surface area contributed by atoms with Crippen molar-refractivity contribution in [2.75, 3.05) is 23.3 Å². The minimum absolute atomic E-state index is 0.0738. The Labute approximate surface area is 157 Å². The van der Waals surface area contributed by atoms with Crippen LogP contribution in [0.5, 0.6) is 0 Å². The lowest BCUT2D eigenvalue weighted by Gasteiger charge is -2.17. The summed E-state index contributed by atoms with van der Waals surface area (Å²) in [4.78, 5) is 25.8. The molecule has 134 valence electrons. The summed E-state index contributed by atoms with van der Waals surface area (Å²) >= 11 is 1.45. The molecule has 5 nitrogen and oxygen atoms in total. The molecule has 0 radical (unpaired) electrons. The first-order chi connectivity index (χ1) is 12.6. The molecular formula is C20H22N4OS. The Hall–Kier alpha value is -2.47. The number of hydrogen-bond acceptors (Lipinski definition) is 5. The van der Waals surface area contributed by atoms with Gasteiger partial charge in [-0.3, -0.25) is 4.79 Å². The van der Waals surface area contributed by atoms with Crippen LogP contribution in [-0.2, 0) is 0 Å². The van der Waals surface area contributed by atoms with E-state index in [2.05, 4.69) is 20.2 Å². The fourth-order valence-electron chi connectivity index (χ4n) is 3.62. The fourth-order valence-corrected chi connectivity index (χ4v) is 4.66. The third-order valence-electron chi connectivity index (χ3n) is 5.04. The molecule has 1 N–H and O–H groups in total. The predicted molar refractivity (Wildman–Crippen MR) is 107 cm³/mol. The molecule has 1 saturated heterocycles. The fraction of sp³-hybridized carbons (Fsp3) is 0.350. The number of anilines is 2. The zero-order valence-corrected chi connectivity index (χ0v) is 16.1. The lowest BCUT2D eigenvalue weighted by Crippen LogP contribution is -2.19. The normalized spacial score (nSPS) is 14.2. The van der Waals surface area contributed by atoms with Crippen LogP contribution in [0.3, 0.4) is 0 Å². The van der Waals surface area contributed by atoms with E-state index >= 15 is 0 Å². The molecule has 0 bridgehead atoms. The first-order valence-corrected chi connectivity index (χ1v) is 9.74. The maximum atomic E-state index is 13.0. The van der Waals surface area contributed by atoms with Crippen LogP contribution in [0, 0.1) is 20.8 Å². The lowest BCUT2D eigenvalue weighted by molar-refractivity contribution is 0.103. The van der Waals surface area contributed by atoms with Gasteiger partial charge in [0.2, 0.25) is 0 Å². The molecule has 1 aliphatic rings. The molecular weight excluding hydrogens is 344 g/mol. The highest BCUT2D eigenvalue weighted by Gasteiger charge is 2.23. The number of carbonyl (C=O) groups excluding carboxylic acids is 1. The van der Waals surface area contributed by atoms with Gasteiger partial charge in [-0.1, -0.05) is 18.2 Å². The van der Waals surface area contributed by atoms with Crippen molar-refractivity contribution in [3.63, 3.8) is 0 Å². The monoisotopic (exact) mass is 366 g/mol. The summed E-state index contributed by atoms with van der Waals surface area (Å²) < 4.78 is 0. The van der Waals surface area contributed by atoms with Crippen molar-refractivity contribution in [1.82, 2.24) is 9.97 Å². The van der Waals surface area contributed by atoms with Gasteiger partial charge in [-0.25, -0.2) is 9.97 Å². The van der Waals surface area contributed by atoms with E-state index in [1.54, 1.807) is 6.33 Å². The highest BCUT2D eigenvalue weighted by atomic mass is 32.1. The SMILES string of the molecule is Cc1cccc(C)c1NC(=O)c1sc2ncnc(N3CCCC3)c2c1C. The molecule has 0 spiro atoms. The Morgan fingerprint density at radius 2 is 1.81 bits per heavy atom. The Kier molecular flexibility index (Phi) is 4.36. The second kappa shape index (κ2) is 6.68. The summed E-state index contributed by atoms with van der Waals surface area (Å²) in [5, 5.41) is 4.11. The Bertz CT molecular complexity index is 969. The standard InChI is InChI=1S/C20H22N4OS/c1-12-7-6-8-13(2)16(12)23-19(25)17-14(3)15-18(24-9-4-5-10-24)21-11-22-20(15)26-17/h6-8,11H,4-5,9-10H2,1-3H3,(H,23,25). The maximum absolute atomic E-state index is 13.0. The number of carbonyl (C=O) groups is 1. The molecule has 1 aromatic carbocycles. The largest absolute Gasteiger partial charge is 0.356 e. The molecule has 1 fully saturated rings. The zero-order chi connectivity index (χ0) is 18.3. The Balaban J connectivity index is 1.74. The van der Waals surface area contributed by atoms with Crippen LogP contribution in [0.25, 0.3) is 10.2 Å². The first-order valence-electron chi connectivity index (χ1n) is 8.93. The number of thiophene rings is 1. The average Bonchev–Trinajstić information content (AvgIpc) is 3.26. The van der Waals surface area contributed by atoms with Crippen molar-refractivity contribution in [3.05, 3.63) is 46.1 Å². The average molecular weight is 366 g/mol. The molecule has 26 heavy (non-hydrogen) atoms. The lowest BCUT2D eigenvalue weighted by atomic mass is 10.1. The topological polar surface area (TPSA) is 58.1 Å². The number of hydrogen-bond donors (Lipinski definition) is 1. The van der Waals surface area contributed by atoms with Crippen LogP contribution in [0.4, 0.5) is 11.5 Å². The van der Waals surface area contributed by atoms with Crippen LogP contribution < -0.4 is 10.2 Å². The third-order valence-corrected chi connectivity index (χ3v) is 6.24. The number of amides is 1. The number of para-hydroxylation sites is 1. The van der Waals surface area contributed by atoms with E-state index in [-0.39, 0.29) is 5.91 Å². The Morgan fingerprint density at radius 3 is 2.50 bits per heavy atom. The number of fused-ring (bicyclic) bond motifs is 1. The van der Waals surface area contributed by atoms with Crippen molar-refractivity contribution >= 4 is 39.0 Å². The molecule has 0 saturated carbocycles. The third kappa shape index (κ3) is 2.84. The van der Waals surface area contributed by atoms with E-state index in [1.165, 1.54) is 24.2 Å². The molecule has 0 aliphatic carbocycles. The number of benzene rings is 1. The summed E-state index contributed by atoms with van der Waals surface area (Å²) in [7, 11) is 0. The minimum atomic E-state index is -0.0738. The summed E-state index contributed by atoms with van der Waals surface area (Å²) in [6.07, 6.45) is 3.99. The molecule has 3 heterocycles. The van der Waals surface area contributed by atoms with Crippen LogP contribution >= 0.6 is 11.3 Å². The number of aromatic nitrogens is 2. The quantitative estimate of drug-likeness (QED) is 0.743. The van der Waals surface area contributed by atoms with E-state index in [1.807, 2.05) is 39.0 Å². The van der Waals surface area contributed by atoms with E-state index in [0.29, 0.717) is 4.88 Å². The van der Waals surface area contributed by atoms with Gasteiger partial charge in [0, 0.05) is 18.8 Å². The minimum Gasteiger partial charge on any atom is -0.356 e. The van der Waals surface area contributed by atoms with Gasteiger partial charge >= 0.3 is 0 Å². The van der Waals surface area contributed by atoms with E-state index in [4.69, 9.17) is 0 Å². The van der Waals surface area contributed by atoms with Gasteiger partial charge in [0.25, 0.3) is 5.91 Å². The van der Waals surface area contributed by atoms with Crippen molar-refractivity contribution in [1.29, 1.82) is 0 Å². The van der Waals surface area contributed by atoms with Crippen LogP contribution in [0.1, 0.15) is 39.2 Å². The van der Waals surface area contributed by atoms with Crippen LogP contribution in [0.15, 0.2) is 24.5 Å². The molecule has 6 heteroatoms. The number of nitrogens with one attached hydrogen (secondary N) is 1. The molecule has 1 aliphatic heterocycles. The molecule has 2 aromatic heterocycles. The summed E-state index contributed by atoms with van der Waals surface area (Å²) in [5.74, 6) is 0.891. The maximum Gasteiger partial charge on any atom is 0.266 e. The second-order valence-electron chi connectivity index (χ2n) is 6.85. The zero-order valence-electron chi connectivity index (χ0n) is 15.3. The van der Waals surface area contributed by atoms with Gasteiger partial charge in [0.15, 0.2) is 0 Å². The van der Waals surface area contributed by atoms with Crippen LogP contribution in [0.2, 0.25) is 0 Å². The Morgan fingerprint density at radius 1 is 1.12 bits per heavy atom. The van der Waals surface area contributed by atoms with Gasteiger partial charge < -0.3 is 10.2 Å². The van der Waals surface area contributed by atoms with Gasteiger partial charge in [-0.05, 0) is 50.3 Å². The summed E-state index contributed by atoms with van der Waals surface area (Å²) in [6.45, 7) is 8.06. The van der Waals surface area contributed by atoms with Gasteiger partial charge in [0.05, 0.1) is 10.3 Å². The van der Waals surface area contributed by atoms with Crippen molar-refractivity contribution in [2.24, 2.45) is 0 Å². The molecule has 0 unspecified atom stereocenters. The molecule has 3 aromatic rings. The van der Waals surface area contributed by atoms with Crippen molar-refractivity contribution in [3.8, 4) is 0 Å². The molecule has 1 amide bonds. The number of aryl methyl sites for hydroxylation is 3. The highest BCUT2D eigenvalue weighted by Crippen LogP contribution is 2.36. The summed E-state index contributed by atoms with van der Waals surface area (Å²) in [5.41, 5.74) is 3.99. The second-order valence-corrected chi connectivity index (χ2v) is 7.85. The highest BCUT2D eigenvalue weighted by molar-refractivity contribution is 7.20. The number of nitrogens with zero attached hydrogens (tertiary/aromatic N) is 3. The van der Waals surface area contributed by atoms with Gasteiger partial charge in [-0.2, -0.15) is 0 Å². The van der Waals surface area contributed by atoms with Crippen molar-refractivity contribution < 1.29 is 4.79 Å². The van der Waals surface area contributed by atoms with Crippen molar-refractivity contribution in [2.45, 2.75) is 33.6 Å². The van der Waals surface area contributed by atoms with E-state index < -0.39 is 0 Å². The van der Waals surface area contributed by atoms with E-state index in [0.717, 1.165) is 51.5 Å². The summed E-state index contributed by atoms with van der Waals surface area (Å²) in [6, 6.07) is 6.03. The first kappa shape index (κ1) is 17.0. The van der Waals surface area contributed by atoms with E-state index in [9.17, 15) is 4.79 Å². The van der Waals surface area contributed by atoms with Crippen LogP contribution in [-0.4, -0.2) is 29.0 Å². The number of rotatable bonds is 3. The molecule has 0 atom stereocenters. The predicted octanol–water partition coefficient (Wildman–Crippen LogP) is 4.47.